The molecule has 0 spiro atoms. The molecular weight excluding hydrogens is 448 g/mol. The molecule has 2 aromatic heterocycles. The number of aromatic nitrogens is 2. The van der Waals surface area contributed by atoms with Gasteiger partial charge in [-0.2, -0.15) is 0 Å². The topological polar surface area (TPSA) is 93.1 Å². The highest BCUT2D eigenvalue weighted by Crippen LogP contribution is 2.27. The molecule has 2 amide bonds. The fraction of sp³-hybridized carbons (Fsp3) is 0.304. The van der Waals surface area contributed by atoms with Crippen LogP contribution in [0.1, 0.15) is 41.6 Å². The minimum absolute atomic E-state index is 0.136. The van der Waals surface area contributed by atoms with Crippen LogP contribution in [0.4, 0.5) is 5.69 Å². The summed E-state index contributed by atoms with van der Waals surface area (Å²) in [6, 6.07) is 6.57. The molecule has 4 rings (SSSR count). The number of hydrogen-bond donors (Lipinski definition) is 2. The lowest BCUT2D eigenvalue weighted by Gasteiger charge is -2.26. The van der Waals surface area contributed by atoms with Crippen LogP contribution in [0.2, 0.25) is 5.02 Å². The predicted molar refractivity (Wildman–Crippen MR) is 127 cm³/mol. The predicted octanol–water partition coefficient (Wildman–Crippen LogP) is 4.26. The van der Waals surface area contributed by atoms with Gasteiger partial charge in [-0.15, -0.1) is 11.3 Å². The van der Waals surface area contributed by atoms with Crippen molar-refractivity contribution in [2.45, 2.75) is 45.6 Å². The summed E-state index contributed by atoms with van der Waals surface area (Å²) in [7, 11) is 0. The Morgan fingerprint density at radius 3 is 2.84 bits per heavy atom. The lowest BCUT2D eigenvalue weighted by molar-refractivity contribution is -0.125. The van der Waals surface area contributed by atoms with Gasteiger partial charge in [0.15, 0.2) is 0 Å². The van der Waals surface area contributed by atoms with Crippen LogP contribution in [-0.4, -0.2) is 21.4 Å². The van der Waals surface area contributed by atoms with E-state index in [4.69, 9.17) is 11.6 Å². The first kappa shape index (κ1) is 22.2. The third-order valence-electron chi connectivity index (χ3n) is 5.51. The number of halogens is 1. The van der Waals surface area contributed by atoms with E-state index in [1.165, 1.54) is 15.9 Å². The van der Waals surface area contributed by atoms with Crippen LogP contribution in [0.3, 0.4) is 0 Å². The number of anilines is 1. The van der Waals surface area contributed by atoms with E-state index in [-0.39, 0.29) is 23.8 Å². The molecule has 0 bridgehead atoms. The second-order valence-electron chi connectivity index (χ2n) is 7.93. The molecule has 3 aromatic rings. The smallest absolute Gasteiger partial charge is 0.263 e. The Morgan fingerprint density at radius 2 is 2.12 bits per heavy atom. The Bertz CT molecular complexity index is 1310. The Labute approximate surface area is 194 Å². The van der Waals surface area contributed by atoms with Gasteiger partial charge in [-0.05, 0) is 56.9 Å². The van der Waals surface area contributed by atoms with Gasteiger partial charge in [0.05, 0.1) is 5.39 Å². The summed E-state index contributed by atoms with van der Waals surface area (Å²) in [4.78, 5) is 44.0. The zero-order valence-corrected chi connectivity index (χ0v) is 19.4. The maximum absolute atomic E-state index is 13.2. The Kier molecular flexibility index (Phi) is 6.17. The molecule has 1 saturated heterocycles. The summed E-state index contributed by atoms with van der Waals surface area (Å²) < 4.78 is 1.47. The highest BCUT2D eigenvalue weighted by atomic mass is 35.5. The van der Waals surface area contributed by atoms with E-state index in [0.29, 0.717) is 51.7 Å². The number of carbonyl (C=O) groups excluding carboxylic acids is 2. The molecule has 166 valence electrons. The molecule has 0 aliphatic carbocycles. The van der Waals surface area contributed by atoms with Gasteiger partial charge in [-0.25, -0.2) is 4.98 Å². The van der Waals surface area contributed by atoms with Crippen molar-refractivity contribution in [3.05, 3.63) is 68.2 Å². The van der Waals surface area contributed by atoms with Gasteiger partial charge >= 0.3 is 0 Å². The number of hydrogen-bond acceptors (Lipinski definition) is 5. The summed E-state index contributed by atoms with van der Waals surface area (Å²) in [5.41, 5.74) is 2.02. The number of benzene rings is 1. The average Bonchev–Trinajstić information content (AvgIpc) is 3.14. The van der Waals surface area contributed by atoms with Crippen LogP contribution in [0, 0.1) is 13.8 Å². The van der Waals surface area contributed by atoms with Crippen molar-refractivity contribution in [3.63, 3.8) is 0 Å². The van der Waals surface area contributed by atoms with Gasteiger partial charge in [0.25, 0.3) is 5.56 Å². The van der Waals surface area contributed by atoms with Gasteiger partial charge < -0.3 is 10.6 Å². The van der Waals surface area contributed by atoms with Crippen LogP contribution < -0.4 is 16.2 Å². The minimum Gasteiger partial charge on any atom is -0.329 e. The van der Waals surface area contributed by atoms with Gasteiger partial charge in [0.1, 0.15) is 16.7 Å². The third-order valence-corrected chi connectivity index (χ3v) is 7.01. The van der Waals surface area contributed by atoms with E-state index < -0.39 is 6.04 Å². The van der Waals surface area contributed by atoms with Crippen LogP contribution in [0.15, 0.2) is 41.3 Å². The van der Waals surface area contributed by atoms with E-state index in [9.17, 15) is 14.4 Å². The zero-order chi connectivity index (χ0) is 23.0. The molecule has 7 nitrogen and oxygen atoms in total. The normalized spacial score (nSPS) is 16.3. The van der Waals surface area contributed by atoms with Crippen molar-refractivity contribution in [2.24, 2.45) is 0 Å². The molecule has 1 atom stereocenters. The standard InChI is InChI=1S/C23H23ClN4O3S/c1-12-4-6-15(10-18(12)24)27-20(29)9-7-16-11-17-22(32-16)26-14(3)28(23(17)31)19-8-5-13(2)25-21(19)30/h4,6,10-11,19H,2,5,7-9H2,1,3H3,(H,25,30)(H,27,29). The fourth-order valence-corrected chi connectivity index (χ4v) is 5.02. The minimum atomic E-state index is -0.597. The van der Waals surface area contributed by atoms with Gasteiger partial charge in [-0.1, -0.05) is 24.2 Å². The van der Waals surface area contributed by atoms with E-state index >= 15 is 0 Å². The van der Waals surface area contributed by atoms with Gasteiger partial charge in [-0.3, -0.25) is 19.0 Å². The van der Waals surface area contributed by atoms with Crippen LogP contribution in [0.5, 0.6) is 0 Å². The number of amides is 2. The molecule has 9 heteroatoms. The second kappa shape index (κ2) is 8.88. The summed E-state index contributed by atoms with van der Waals surface area (Å²) in [5, 5.41) is 6.64. The molecule has 1 fully saturated rings. The Balaban J connectivity index is 1.51. The number of aryl methyl sites for hydroxylation is 3. The molecule has 0 saturated carbocycles. The largest absolute Gasteiger partial charge is 0.329 e. The summed E-state index contributed by atoms with van der Waals surface area (Å²) >= 11 is 7.51. The van der Waals surface area contributed by atoms with Gasteiger partial charge in [0, 0.05) is 27.7 Å². The van der Waals surface area contributed by atoms with E-state index in [2.05, 4.69) is 22.2 Å². The molecule has 1 aliphatic rings. The number of nitrogens with one attached hydrogen (secondary N) is 2. The number of allylic oxidation sites excluding steroid dienone is 1. The van der Waals surface area contributed by atoms with Crippen LogP contribution in [0.25, 0.3) is 10.2 Å². The van der Waals surface area contributed by atoms with Crippen LogP contribution >= 0.6 is 22.9 Å². The summed E-state index contributed by atoms with van der Waals surface area (Å²) in [6.07, 6.45) is 1.88. The summed E-state index contributed by atoms with van der Waals surface area (Å²) in [6.45, 7) is 7.42. The van der Waals surface area contributed by atoms with E-state index in [1.54, 1.807) is 19.1 Å². The Hall–Kier alpha value is -2.97. The summed E-state index contributed by atoms with van der Waals surface area (Å²) in [5.74, 6) is 0.122. The first-order chi connectivity index (χ1) is 15.2. The van der Waals surface area contributed by atoms with Crippen molar-refractivity contribution < 1.29 is 9.59 Å². The monoisotopic (exact) mass is 470 g/mol. The number of fused-ring (bicyclic) bond motifs is 1. The molecule has 32 heavy (non-hydrogen) atoms. The lowest BCUT2D eigenvalue weighted by Crippen LogP contribution is -2.41. The number of rotatable bonds is 5. The van der Waals surface area contributed by atoms with Crippen molar-refractivity contribution in [3.8, 4) is 0 Å². The van der Waals surface area contributed by atoms with Crippen molar-refractivity contribution >= 4 is 50.7 Å². The highest BCUT2D eigenvalue weighted by Gasteiger charge is 2.28. The SMILES string of the molecule is C=C1CCC(n2c(C)nc3sc(CCC(=O)Nc4ccc(C)c(Cl)c4)cc3c2=O)C(=O)N1. The first-order valence-electron chi connectivity index (χ1n) is 10.3. The van der Waals surface area contributed by atoms with Gasteiger partial charge in [0.2, 0.25) is 11.8 Å². The Morgan fingerprint density at radius 1 is 1.34 bits per heavy atom. The molecule has 3 heterocycles. The molecule has 1 unspecified atom stereocenters. The number of carbonyl (C=O) groups is 2. The molecule has 0 radical (unpaired) electrons. The molecule has 1 aromatic carbocycles. The number of piperidine rings is 1. The maximum Gasteiger partial charge on any atom is 0.263 e. The van der Waals surface area contributed by atoms with Crippen molar-refractivity contribution in [1.82, 2.24) is 14.9 Å². The third kappa shape index (κ3) is 4.47. The number of nitrogens with zero attached hydrogens (tertiary/aromatic N) is 2. The van der Waals surface area contributed by atoms with E-state index in [0.717, 1.165) is 10.4 Å². The molecular formula is C23H23ClN4O3S. The second-order valence-corrected chi connectivity index (χ2v) is 9.45. The van der Waals surface area contributed by atoms with E-state index in [1.807, 2.05) is 19.1 Å². The lowest BCUT2D eigenvalue weighted by atomic mass is 10.0. The molecule has 2 N–H and O–H groups in total. The highest BCUT2D eigenvalue weighted by molar-refractivity contribution is 7.18. The fourth-order valence-electron chi connectivity index (χ4n) is 3.77. The number of thiophene rings is 1. The van der Waals surface area contributed by atoms with Crippen molar-refractivity contribution in [1.29, 1.82) is 0 Å². The zero-order valence-electron chi connectivity index (χ0n) is 17.8. The molecule has 1 aliphatic heterocycles. The maximum atomic E-state index is 13.2. The quantitative estimate of drug-likeness (QED) is 0.582. The average molecular weight is 471 g/mol. The van der Waals surface area contributed by atoms with Crippen LogP contribution in [-0.2, 0) is 16.0 Å². The van der Waals surface area contributed by atoms with Crippen molar-refractivity contribution in [2.75, 3.05) is 5.32 Å². The first-order valence-corrected chi connectivity index (χ1v) is 11.5.